The van der Waals surface area contributed by atoms with E-state index in [1.807, 2.05) is 24.3 Å². The third-order valence-corrected chi connectivity index (χ3v) is 5.79. The molecule has 2 amide bonds. The molecule has 0 spiro atoms. The first-order valence-corrected chi connectivity index (χ1v) is 10.3. The first-order valence-electron chi connectivity index (χ1n) is 10.3. The molecule has 0 bridgehead atoms. The zero-order chi connectivity index (χ0) is 22.0. The largest absolute Gasteiger partial charge is 0.370 e. The number of carbonyl (C=O) groups is 2. The van der Waals surface area contributed by atoms with Crippen LogP contribution in [-0.4, -0.2) is 36.4 Å². The SMILES string of the molecule is O=C(Nc1ccccc1N1CCCCC1)C1CC(=O)N(c2ccc(F)c([N+](=O)[O-])c2)C1. The van der Waals surface area contributed by atoms with Gasteiger partial charge in [-0.1, -0.05) is 12.1 Å². The molecule has 4 rings (SSSR count). The van der Waals surface area contributed by atoms with E-state index in [2.05, 4.69) is 10.2 Å². The Morgan fingerprint density at radius 3 is 2.61 bits per heavy atom. The van der Waals surface area contributed by atoms with Crippen LogP contribution < -0.4 is 15.1 Å². The molecule has 1 unspecified atom stereocenters. The van der Waals surface area contributed by atoms with E-state index < -0.39 is 22.3 Å². The number of nitro groups is 1. The predicted octanol–water partition coefficient (Wildman–Crippen LogP) is 3.72. The van der Waals surface area contributed by atoms with E-state index >= 15 is 0 Å². The number of piperidine rings is 1. The Bertz CT molecular complexity index is 1020. The van der Waals surface area contributed by atoms with E-state index in [1.165, 1.54) is 17.4 Å². The number of nitro benzene ring substituents is 1. The Hall–Kier alpha value is -3.49. The lowest BCUT2D eigenvalue weighted by Crippen LogP contribution is -2.31. The van der Waals surface area contributed by atoms with Gasteiger partial charge in [0.1, 0.15) is 0 Å². The first kappa shape index (κ1) is 20.8. The molecule has 2 aromatic rings. The summed E-state index contributed by atoms with van der Waals surface area (Å²) in [6, 6.07) is 10.9. The number of anilines is 3. The van der Waals surface area contributed by atoms with Crippen molar-refractivity contribution < 1.29 is 18.9 Å². The molecule has 2 heterocycles. The molecule has 2 aliphatic rings. The zero-order valence-corrected chi connectivity index (χ0v) is 16.9. The van der Waals surface area contributed by atoms with Gasteiger partial charge in [0.15, 0.2) is 0 Å². The Morgan fingerprint density at radius 2 is 1.87 bits per heavy atom. The third kappa shape index (κ3) is 4.35. The van der Waals surface area contributed by atoms with Crippen LogP contribution in [0.2, 0.25) is 0 Å². The van der Waals surface area contributed by atoms with Gasteiger partial charge in [0.25, 0.3) is 0 Å². The molecule has 1 N–H and O–H groups in total. The third-order valence-electron chi connectivity index (χ3n) is 5.79. The molecule has 9 heteroatoms. The van der Waals surface area contributed by atoms with Crippen molar-refractivity contribution in [1.82, 2.24) is 0 Å². The molecule has 2 saturated heterocycles. The topological polar surface area (TPSA) is 95.8 Å². The summed E-state index contributed by atoms with van der Waals surface area (Å²) >= 11 is 0. The molecule has 8 nitrogen and oxygen atoms in total. The maximum absolute atomic E-state index is 13.6. The van der Waals surface area contributed by atoms with Crippen LogP contribution in [-0.2, 0) is 9.59 Å². The quantitative estimate of drug-likeness (QED) is 0.581. The highest BCUT2D eigenvalue weighted by Crippen LogP contribution is 2.32. The maximum atomic E-state index is 13.6. The Morgan fingerprint density at radius 1 is 1.13 bits per heavy atom. The van der Waals surface area contributed by atoms with Crippen molar-refractivity contribution in [2.24, 2.45) is 5.92 Å². The number of nitrogens with zero attached hydrogens (tertiary/aromatic N) is 3. The molecule has 162 valence electrons. The highest BCUT2D eigenvalue weighted by molar-refractivity contribution is 6.04. The van der Waals surface area contributed by atoms with Crippen LogP contribution in [0.4, 0.5) is 27.1 Å². The lowest BCUT2D eigenvalue weighted by molar-refractivity contribution is -0.387. The predicted molar refractivity (Wildman–Crippen MR) is 115 cm³/mol. The zero-order valence-electron chi connectivity index (χ0n) is 16.9. The minimum absolute atomic E-state index is 0.0110. The van der Waals surface area contributed by atoms with E-state index in [9.17, 15) is 24.1 Å². The van der Waals surface area contributed by atoms with Crippen molar-refractivity contribution in [2.75, 3.05) is 34.8 Å². The van der Waals surface area contributed by atoms with Gasteiger partial charge in [0, 0.05) is 32.1 Å². The first-order chi connectivity index (χ1) is 14.9. The minimum Gasteiger partial charge on any atom is -0.370 e. The smallest absolute Gasteiger partial charge is 0.306 e. The molecular weight excluding hydrogens is 403 g/mol. The summed E-state index contributed by atoms with van der Waals surface area (Å²) in [7, 11) is 0. The second-order valence-corrected chi connectivity index (χ2v) is 7.85. The average molecular weight is 426 g/mol. The number of benzene rings is 2. The van der Waals surface area contributed by atoms with E-state index in [1.54, 1.807) is 0 Å². The summed E-state index contributed by atoms with van der Waals surface area (Å²) in [5, 5.41) is 14.0. The fourth-order valence-electron chi connectivity index (χ4n) is 4.17. The number of para-hydroxylation sites is 2. The lowest BCUT2D eigenvalue weighted by atomic mass is 10.1. The van der Waals surface area contributed by atoms with Crippen LogP contribution >= 0.6 is 0 Å². The van der Waals surface area contributed by atoms with Gasteiger partial charge in [-0.2, -0.15) is 4.39 Å². The van der Waals surface area contributed by atoms with Crippen LogP contribution in [0.3, 0.4) is 0 Å². The van der Waals surface area contributed by atoms with Gasteiger partial charge >= 0.3 is 5.69 Å². The fourth-order valence-corrected chi connectivity index (χ4v) is 4.17. The van der Waals surface area contributed by atoms with Crippen molar-refractivity contribution in [3.05, 3.63) is 58.4 Å². The van der Waals surface area contributed by atoms with Crippen LogP contribution in [0.25, 0.3) is 0 Å². The Balaban J connectivity index is 1.48. The molecule has 2 aliphatic heterocycles. The lowest BCUT2D eigenvalue weighted by Gasteiger charge is -2.30. The average Bonchev–Trinajstić information content (AvgIpc) is 3.17. The standard InChI is InChI=1S/C22H23FN4O4/c23-17-9-8-16(13-20(17)27(30)31)26-14-15(12-21(26)28)22(29)24-18-6-2-3-7-19(18)25-10-4-1-5-11-25/h2-3,6-9,13,15H,1,4-5,10-12,14H2,(H,24,29). The monoisotopic (exact) mass is 426 g/mol. The van der Waals surface area contributed by atoms with Gasteiger partial charge in [0.05, 0.1) is 27.9 Å². The van der Waals surface area contributed by atoms with Gasteiger partial charge in [-0.05, 0) is 43.5 Å². The van der Waals surface area contributed by atoms with Gasteiger partial charge in [0.2, 0.25) is 17.6 Å². The number of nitrogens with one attached hydrogen (secondary N) is 1. The molecule has 0 aliphatic carbocycles. The molecule has 1 atom stereocenters. The van der Waals surface area contributed by atoms with Crippen LogP contribution in [0, 0.1) is 21.8 Å². The molecule has 0 aromatic heterocycles. The van der Waals surface area contributed by atoms with Gasteiger partial charge < -0.3 is 15.1 Å². The van der Waals surface area contributed by atoms with Crippen LogP contribution in [0.5, 0.6) is 0 Å². The molecule has 0 saturated carbocycles. The summed E-state index contributed by atoms with van der Waals surface area (Å²) in [5.74, 6) is -2.18. The molecule has 31 heavy (non-hydrogen) atoms. The second-order valence-electron chi connectivity index (χ2n) is 7.85. The summed E-state index contributed by atoms with van der Waals surface area (Å²) < 4.78 is 13.6. The number of hydrogen-bond donors (Lipinski definition) is 1. The van der Waals surface area contributed by atoms with Crippen molar-refractivity contribution in [2.45, 2.75) is 25.7 Å². The van der Waals surface area contributed by atoms with Crippen molar-refractivity contribution in [1.29, 1.82) is 0 Å². The summed E-state index contributed by atoms with van der Waals surface area (Å²) in [4.78, 5) is 39.1. The van der Waals surface area contributed by atoms with Gasteiger partial charge in [-0.3, -0.25) is 19.7 Å². The molecule has 2 aromatic carbocycles. The number of amides is 2. The maximum Gasteiger partial charge on any atom is 0.306 e. The number of rotatable bonds is 5. The summed E-state index contributed by atoms with van der Waals surface area (Å²) in [6.07, 6.45) is 3.41. The van der Waals surface area contributed by atoms with E-state index in [0.717, 1.165) is 43.8 Å². The summed E-state index contributed by atoms with van der Waals surface area (Å²) in [5.41, 5.74) is 1.18. The Kier molecular flexibility index (Phi) is 5.83. The van der Waals surface area contributed by atoms with Crippen molar-refractivity contribution in [3.8, 4) is 0 Å². The van der Waals surface area contributed by atoms with Crippen LogP contribution in [0.1, 0.15) is 25.7 Å². The summed E-state index contributed by atoms with van der Waals surface area (Å²) in [6.45, 7) is 1.96. The number of halogens is 1. The highest BCUT2D eigenvalue weighted by Gasteiger charge is 2.36. The van der Waals surface area contributed by atoms with Crippen molar-refractivity contribution >= 4 is 34.6 Å². The fraction of sp³-hybridized carbons (Fsp3) is 0.364. The van der Waals surface area contributed by atoms with Crippen LogP contribution in [0.15, 0.2) is 42.5 Å². The minimum atomic E-state index is -0.969. The normalized spacial score (nSPS) is 18.9. The second kappa shape index (κ2) is 8.71. The number of carbonyl (C=O) groups excluding carboxylic acids is 2. The molecular formula is C22H23FN4O4. The van der Waals surface area contributed by atoms with Gasteiger partial charge in [-0.25, -0.2) is 0 Å². The van der Waals surface area contributed by atoms with Gasteiger partial charge in [-0.15, -0.1) is 0 Å². The van der Waals surface area contributed by atoms with Crippen molar-refractivity contribution in [3.63, 3.8) is 0 Å². The van der Waals surface area contributed by atoms with E-state index in [0.29, 0.717) is 5.69 Å². The Labute approximate surface area is 178 Å². The molecule has 0 radical (unpaired) electrons. The van der Waals surface area contributed by atoms with E-state index in [-0.39, 0.29) is 30.5 Å². The van der Waals surface area contributed by atoms with E-state index in [4.69, 9.17) is 0 Å². The highest BCUT2D eigenvalue weighted by atomic mass is 19.1. The molecule has 2 fully saturated rings. The number of hydrogen-bond acceptors (Lipinski definition) is 5.